The highest BCUT2D eigenvalue weighted by molar-refractivity contribution is 7.09. The molecule has 0 aliphatic rings. The van der Waals surface area contributed by atoms with Crippen LogP contribution in [0, 0.1) is 12.7 Å². The largest absolute Gasteiger partial charge is 0.481 e. The van der Waals surface area contributed by atoms with Crippen LogP contribution < -0.4 is 4.87 Å². The molecule has 2 rings (SSSR count). The number of carbonyl (C=O) groups is 1. The standard InChI is InChI=1S/C12H11FN2O3S/c1-7-11(9-3-2-8(13)6-14-9)15(12(18)19-7)5-4-10(16)17/h2-3,6H,4-5H2,1H3,(H,16,17). The monoisotopic (exact) mass is 282 g/mol. The summed E-state index contributed by atoms with van der Waals surface area (Å²) in [6, 6.07) is 2.73. The smallest absolute Gasteiger partial charge is 0.307 e. The quantitative estimate of drug-likeness (QED) is 0.929. The van der Waals surface area contributed by atoms with Crippen LogP contribution in [0.3, 0.4) is 0 Å². The Morgan fingerprint density at radius 1 is 1.53 bits per heavy atom. The SMILES string of the molecule is Cc1sc(=O)n(CCC(=O)O)c1-c1ccc(F)cn1. The number of hydrogen-bond donors (Lipinski definition) is 1. The van der Waals surface area contributed by atoms with Crippen molar-refractivity contribution in [2.45, 2.75) is 19.9 Å². The van der Waals surface area contributed by atoms with E-state index in [1.54, 1.807) is 6.92 Å². The number of thiazole rings is 1. The Labute approximate surface area is 112 Å². The molecule has 0 radical (unpaired) electrons. The molecule has 0 saturated carbocycles. The Bertz CT molecular complexity index is 661. The third-order valence-electron chi connectivity index (χ3n) is 2.58. The summed E-state index contributed by atoms with van der Waals surface area (Å²) >= 11 is 1.03. The first-order valence-electron chi connectivity index (χ1n) is 5.53. The Balaban J connectivity index is 2.47. The minimum absolute atomic E-state index is 0.0763. The van der Waals surface area contributed by atoms with Crippen molar-refractivity contribution in [1.82, 2.24) is 9.55 Å². The van der Waals surface area contributed by atoms with Crippen LogP contribution in [0.4, 0.5) is 4.39 Å². The van der Waals surface area contributed by atoms with Gasteiger partial charge in [-0.3, -0.25) is 19.1 Å². The molecular weight excluding hydrogens is 271 g/mol. The van der Waals surface area contributed by atoms with Gasteiger partial charge in [0.2, 0.25) is 0 Å². The van der Waals surface area contributed by atoms with Gasteiger partial charge in [-0.25, -0.2) is 4.39 Å². The van der Waals surface area contributed by atoms with Crippen LogP contribution in [0.15, 0.2) is 23.1 Å². The highest BCUT2D eigenvalue weighted by Crippen LogP contribution is 2.23. The number of halogens is 1. The highest BCUT2D eigenvalue weighted by atomic mass is 32.1. The Morgan fingerprint density at radius 3 is 2.84 bits per heavy atom. The van der Waals surface area contributed by atoms with Gasteiger partial charge in [-0.15, -0.1) is 0 Å². The maximum Gasteiger partial charge on any atom is 0.307 e. The molecule has 0 aliphatic carbocycles. The lowest BCUT2D eigenvalue weighted by molar-refractivity contribution is -0.137. The lowest BCUT2D eigenvalue weighted by Crippen LogP contribution is -2.16. The Morgan fingerprint density at radius 2 is 2.26 bits per heavy atom. The van der Waals surface area contributed by atoms with Crippen LogP contribution in [-0.4, -0.2) is 20.6 Å². The van der Waals surface area contributed by atoms with Gasteiger partial charge in [0.1, 0.15) is 5.82 Å². The summed E-state index contributed by atoms with van der Waals surface area (Å²) in [5, 5.41) is 8.69. The van der Waals surface area contributed by atoms with E-state index < -0.39 is 11.8 Å². The van der Waals surface area contributed by atoms with E-state index in [4.69, 9.17) is 5.11 Å². The minimum atomic E-state index is -0.978. The molecule has 1 N–H and O–H groups in total. The van der Waals surface area contributed by atoms with E-state index in [-0.39, 0.29) is 17.8 Å². The number of aliphatic carboxylic acids is 1. The van der Waals surface area contributed by atoms with Crippen molar-refractivity contribution in [3.8, 4) is 11.4 Å². The zero-order chi connectivity index (χ0) is 14.0. The summed E-state index contributed by atoms with van der Waals surface area (Å²) in [5.74, 6) is -1.44. The fraction of sp³-hybridized carbons (Fsp3) is 0.250. The molecule has 5 nitrogen and oxygen atoms in total. The Hall–Kier alpha value is -2.02. The van der Waals surface area contributed by atoms with Crippen molar-refractivity contribution in [3.63, 3.8) is 0 Å². The van der Waals surface area contributed by atoms with Gasteiger partial charge in [0, 0.05) is 11.4 Å². The molecule has 0 spiro atoms. The van der Waals surface area contributed by atoms with Gasteiger partial charge in [-0.05, 0) is 19.1 Å². The van der Waals surface area contributed by atoms with Crippen LogP contribution in [0.1, 0.15) is 11.3 Å². The van der Waals surface area contributed by atoms with Crippen molar-refractivity contribution >= 4 is 17.3 Å². The fourth-order valence-corrected chi connectivity index (χ4v) is 2.63. The van der Waals surface area contributed by atoms with Crippen LogP contribution >= 0.6 is 11.3 Å². The predicted octanol–water partition coefficient (Wildman–Crippen LogP) is 1.89. The van der Waals surface area contributed by atoms with Crippen molar-refractivity contribution in [2.24, 2.45) is 0 Å². The summed E-state index contributed by atoms with van der Waals surface area (Å²) in [6.07, 6.45) is 0.919. The van der Waals surface area contributed by atoms with E-state index in [1.165, 1.54) is 16.7 Å². The molecule has 0 fully saturated rings. The number of nitrogens with zero attached hydrogens (tertiary/aromatic N) is 2. The van der Waals surface area contributed by atoms with Crippen molar-refractivity contribution < 1.29 is 14.3 Å². The van der Waals surface area contributed by atoms with E-state index in [0.29, 0.717) is 11.4 Å². The Kier molecular flexibility index (Phi) is 3.75. The lowest BCUT2D eigenvalue weighted by Gasteiger charge is -2.06. The van der Waals surface area contributed by atoms with Crippen LogP contribution in [0.25, 0.3) is 11.4 Å². The highest BCUT2D eigenvalue weighted by Gasteiger charge is 2.15. The second kappa shape index (κ2) is 5.31. The summed E-state index contributed by atoms with van der Waals surface area (Å²) in [4.78, 5) is 26.8. The molecule has 0 aliphatic heterocycles. The number of aryl methyl sites for hydroxylation is 1. The van der Waals surface area contributed by atoms with Gasteiger partial charge >= 0.3 is 10.8 Å². The van der Waals surface area contributed by atoms with Gasteiger partial charge in [0.05, 0.1) is 24.0 Å². The summed E-state index contributed by atoms with van der Waals surface area (Å²) < 4.78 is 14.2. The first-order valence-corrected chi connectivity index (χ1v) is 6.34. The van der Waals surface area contributed by atoms with Gasteiger partial charge in [0.15, 0.2) is 0 Å². The molecular formula is C12H11FN2O3S. The van der Waals surface area contributed by atoms with Crippen molar-refractivity contribution in [3.05, 3.63) is 38.7 Å². The van der Waals surface area contributed by atoms with Crippen LogP contribution in [0.2, 0.25) is 0 Å². The number of aromatic nitrogens is 2. The number of rotatable bonds is 4. The minimum Gasteiger partial charge on any atom is -0.481 e. The zero-order valence-corrected chi connectivity index (χ0v) is 10.9. The third kappa shape index (κ3) is 2.87. The second-order valence-corrected chi connectivity index (χ2v) is 5.10. The maximum absolute atomic E-state index is 12.9. The van der Waals surface area contributed by atoms with Gasteiger partial charge in [0.25, 0.3) is 0 Å². The van der Waals surface area contributed by atoms with E-state index >= 15 is 0 Å². The average molecular weight is 282 g/mol. The average Bonchev–Trinajstić information content (AvgIpc) is 2.62. The molecule has 0 amide bonds. The van der Waals surface area contributed by atoms with Gasteiger partial charge in [-0.1, -0.05) is 11.3 Å². The van der Waals surface area contributed by atoms with E-state index in [9.17, 15) is 14.0 Å². The second-order valence-electron chi connectivity index (χ2n) is 3.93. The van der Waals surface area contributed by atoms with E-state index in [1.807, 2.05) is 0 Å². The molecule has 2 aromatic heterocycles. The fourth-order valence-electron chi connectivity index (χ4n) is 1.76. The summed E-state index contributed by atoms with van der Waals surface area (Å²) in [5.41, 5.74) is 1.01. The molecule has 100 valence electrons. The molecule has 2 aromatic rings. The topological polar surface area (TPSA) is 72.2 Å². The number of hydrogen-bond acceptors (Lipinski definition) is 4. The maximum atomic E-state index is 12.9. The normalized spacial score (nSPS) is 10.6. The van der Waals surface area contributed by atoms with E-state index in [0.717, 1.165) is 22.4 Å². The first kappa shape index (κ1) is 13.4. The zero-order valence-electron chi connectivity index (χ0n) is 10.1. The molecule has 0 bridgehead atoms. The van der Waals surface area contributed by atoms with Crippen molar-refractivity contribution in [1.29, 1.82) is 0 Å². The molecule has 0 saturated heterocycles. The molecule has 2 heterocycles. The third-order valence-corrected chi connectivity index (χ3v) is 3.48. The number of carboxylic acid groups (broad SMARTS) is 1. The van der Waals surface area contributed by atoms with Gasteiger partial charge < -0.3 is 5.11 Å². The van der Waals surface area contributed by atoms with Crippen molar-refractivity contribution in [2.75, 3.05) is 0 Å². The summed E-state index contributed by atoms with van der Waals surface area (Å²) in [6.45, 7) is 1.83. The number of carboxylic acids is 1. The lowest BCUT2D eigenvalue weighted by atomic mass is 10.2. The molecule has 0 atom stereocenters. The molecule has 19 heavy (non-hydrogen) atoms. The molecule has 7 heteroatoms. The number of pyridine rings is 1. The van der Waals surface area contributed by atoms with Crippen LogP contribution in [0.5, 0.6) is 0 Å². The first-order chi connectivity index (χ1) is 8.99. The van der Waals surface area contributed by atoms with Gasteiger partial charge in [-0.2, -0.15) is 0 Å². The summed E-state index contributed by atoms with van der Waals surface area (Å²) in [7, 11) is 0. The predicted molar refractivity (Wildman–Crippen MR) is 68.8 cm³/mol. The molecule has 0 aromatic carbocycles. The van der Waals surface area contributed by atoms with Crippen LogP contribution in [-0.2, 0) is 11.3 Å². The molecule has 0 unspecified atom stereocenters. The van der Waals surface area contributed by atoms with E-state index in [2.05, 4.69) is 4.98 Å².